The normalized spacial score (nSPS) is 11.3. The van der Waals surface area contributed by atoms with E-state index in [-0.39, 0.29) is 25.4 Å². The first-order valence-corrected chi connectivity index (χ1v) is 8.86. The zero-order valence-corrected chi connectivity index (χ0v) is 15.3. The summed E-state index contributed by atoms with van der Waals surface area (Å²) < 4.78 is 8.23. The van der Waals surface area contributed by atoms with E-state index >= 15 is 0 Å². The molecule has 0 aliphatic carbocycles. The summed E-state index contributed by atoms with van der Waals surface area (Å²) in [5, 5.41) is 0. The van der Waals surface area contributed by atoms with E-state index in [2.05, 4.69) is 6.92 Å². The third-order valence-corrected chi connectivity index (χ3v) is 3.25. The number of esters is 2. The molecule has 0 aliphatic rings. The SMILES string of the molecule is CCCCCCCCOC(=O)CCCC(=O)OCC(Cl)(Cl)Cl. The van der Waals surface area contributed by atoms with Gasteiger partial charge in [0.05, 0.1) is 6.61 Å². The molecular formula is C15H25Cl3O4. The molecule has 0 spiro atoms. The van der Waals surface area contributed by atoms with Gasteiger partial charge in [-0.3, -0.25) is 9.59 Å². The second-order valence-electron chi connectivity index (χ2n) is 5.12. The van der Waals surface area contributed by atoms with Crippen LogP contribution in [0.1, 0.15) is 64.7 Å². The largest absolute Gasteiger partial charge is 0.466 e. The van der Waals surface area contributed by atoms with Crippen molar-refractivity contribution in [3.8, 4) is 0 Å². The molecule has 0 fully saturated rings. The maximum Gasteiger partial charge on any atom is 0.305 e. The number of rotatable bonds is 12. The molecule has 0 saturated carbocycles. The highest BCUT2D eigenvalue weighted by atomic mass is 35.6. The van der Waals surface area contributed by atoms with Crippen molar-refractivity contribution in [2.75, 3.05) is 13.2 Å². The zero-order chi connectivity index (χ0) is 16.8. The smallest absolute Gasteiger partial charge is 0.305 e. The molecular weight excluding hydrogens is 351 g/mol. The summed E-state index contributed by atoms with van der Waals surface area (Å²) in [5.74, 6) is -0.780. The van der Waals surface area contributed by atoms with E-state index in [9.17, 15) is 9.59 Å². The first-order chi connectivity index (χ1) is 10.3. The lowest BCUT2D eigenvalue weighted by Crippen LogP contribution is -2.17. The lowest BCUT2D eigenvalue weighted by molar-refractivity contribution is -0.145. The molecule has 4 nitrogen and oxygen atoms in total. The minimum atomic E-state index is -1.61. The van der Waals surface area contributed by atoms with Crippen LogP contribution in [0.3, 0.4) is 0 Å². The topological polar surface area (TPSA) is 52.6 Å². The van der Waals surface area contributed by atoms with Crippen molar-refractivity contribution in [2.24, 2.45) is 0 Å². The molecule has 130 valence electrons. The Kier molecular flexibility index (Phi) is 13.2. The van der Waals surface area contributed by atoms with Crippen molar-refractivity contribution in [2.45, 2.75) is 68.5 Å². The molecule has 0 amide bonds. The highest BCUT2D eigenvalue weighted by Gasteiger charge is 2.22. The highest BCUT2D eigenvalue weighted by molar-refractivity contribution is 6.67. The average Bonchev–Trinajstić information content (AvgIpc) is 2.43. The van der Waals surface area contributed by atoms with Crippen LogP contribution in [0.2, 0.25) is 0 Å². The summed E-state index contributed by atoms with van der Waals surface area (Å²) in [6.45, 7) is 2.33. The summed E-state index contributed by atoms with van der Waals surface area (Å²) in [4.78, 5) is 22.7. The average molecular weight is 376 g/mol. The van der Waals surface area contributed by atoms with Gasteiger partial charge in [-0.15, -0.1) is 0 Å². The molecule has 0 unspecified atom stereocenters. The van der Waals surface area contributed by atoms with Crippen LogP contribution in [0.5, 0.6) is 0 Å². The van der Waals surface area contributed by atoms with E-state index in [1.807, 2.05) is 0 Å². The monoisotopic (exact) mass is 374 g/mol. The molecule has 0 aromatic rings. The number of hydrogen-bond donors (Lipinski definition) is 0. The number of carbonyl (C=O) groups is 2. The second-order valence-corrected chi connectivity index (χ2v) is 7.63. The summed E-state index contributed by atoms with van der Waals surface area (Å²) >= 11 is 16.4. The number of alkyl halides is 3. The maximum atomic E-state index is 11.4. The lowest BCUT2D eigenvalue weighted by atomic mass is 10.1. The fraction of sp³-hybridized carbons (Fsp3) is 0.867. The predicted octanol–water partition coefficient (Wildman–Crippen LogP) is 4.97. The van der Waals surface area contributed by atoms with Crippen LogP contribution in [-0.4, -0.2) is 28.9 Å². The third kappa shape index (κ3) is 16.2. The van der Waals surface area contributed by atoms with Gasteiger partial charge in [-0.05, 0) is 12.8 Å². The highest BCUT2D eigenvalue weighted by Crippen LogP contribution is 2.26. The molecule has 0 saturated heterocycles. The molecule has 7 heteroatoms. The van der Waals surface area contributed by atoms with Crippen molar-refractivity contribution in [1.82, 2.24) is 0 Å². The second kappa shape index (κ2) is 13.3. The molecule has 0 aromatic carbocycles. The van der Waals surface area contributed by atoms with Gasteiger partial charge in [0.2, 0.25) is 3.79 Å². The Hall–Kier alpha value is -0.190. The van der Waals surface area contributed by atoms with Crippen molar-refractivity contribution in [3.05, 3.63) is 0 Å². The molecule has 0 atom stereocenters. The van der Waals surface area contributed by atoms with Gasteiger partial charge in [-0.25, -0.2) is 0 Å². The molecule has 0 bridgehead atoms. The summed E-state index contributed by atoms with van der Waals surface area (Å²) in [6, 6.07) is 0. The van der Waals surface area contributed by atoms with Crippen molar-refractivity contribution in [3.63, 3.8) is 0 Å². The van der Waals surface area contributed by atoms with Crippen LogP contribution in [0, 0.1) is 0 Å². The quantitative estimate of drug-likeness (QED) is 0.274. The molecule has 0 N–H and O–H groups in total. The Labute approximate surface area is 147 Å². The van der Waals surface area contributed by atoms with Gasteiger partial charge in [0, 0.05) is 12.8 Å². The summed E-state index contributed by atoms with van der Waals surface area (Å²) in [7, 11) is 0. The first kappa shape index (κ1) is 21.8. The van der Waals surface area contributed by atoms with Gasteiger partial charge in [0.25, 0.3) is 0 Å². The van der Waals surface area contributed by atoms with Crippen molar-refractivity contribution >= 4 is 46.7 Å². The van der Waals surface area contributed by atoms with Crippen LogP contribution in [-0.2, 0) is 19.1 Å². The van der Waals surface area contributed by atoms with Gasteiger partial charge in [-0.1, -0.05) is 73.8 Å². The Balaban J connectivity index is 3.44. The predicted molar refractivity (Wildman–Crippen MR) is 89.4 cm³/mol. The Morgan fingerprint density at radius 1 is 0.818 bits per heavy atom. The number of carbonyl (C=O) groups excluding carboxylic acids is 2. The van der Waals surface area contributed by atoms with Gasteiger partial charge >= 0.3 is 11.9 Å². The van der Waals surface area contributed by atoms with E-state index in [0.29, 0.717) is 13.0 Å². The number of ether oxygens (including phenoxy) is 2. The first-order valence-electron chi connectivity index (χ1n) is 7.73. The van der Waals surface area contributed by atoms with Gasteiger partial charge in [0.1, 0.15) is 6.61 Å². The standard InChI is InChI=1S/C15H25Cl3O4/c1-2-3-4-5-6-7-11-21-13(19)9-8-10-14(20)22-12-15(16,17)18/h2-12H2,1H3. The van der Waals surface area contributed by atoms with Crippen LogP contribution in [0.15, 0.2) is 0 Å². The fourth-order valence-electron chi connectivity index (χ4n) is 1.75. The van der Waals surface area contributed by atoms with Crippen LogP contribution in [0.4, 0.5) is 0 Å². The molecule has 0 aromatic heterocycles. The van der Waals surface area contributed by atoms with Gasteiger partial charge < -0.3 is 9.47 Å². The summed E-state index contributed by atoms with van der Waals surface area (Å²) in [5.41, 5.74) is 0. The number of halogens is 3. The molecule has 0 radical (unpaired) electrons. The van der Waals surface area contributed by atoms with E-state index in [1.165, 1.54) is 25.7 Å². The van der Waals surface area contributed by atoms with Crippen LogP contribution in [0.25, 0.3) is 0 Å². The molecule has 22 heavy (non-hydrogen) atoms. The number of hydrogen-bond acceptors (Lipinski definition) is 4. The van der Waals surface area contributed by atoms with Gasteiger partial charge in [0.15, 0.2) is 0 Å². The van der Waals surface area contributed by atoms with Crippen molar-refractivity contribution in [1.29, 1.82) is 0 Å². The van der Waals surface area contributed by atoms with Crippen LogP contribution >= 0.6 is 34.8 Å². The van der Waals surface area contributed by atoms with E-state index in [1.54, 1.807) is 0 Å². The maximum absolute atomic E-state index is 11.4. The van der Waals surface area contributed by atoms with E-state index in [4.69, 9.17) is 44.3 Å². The fourth-order valence-corrected chi connectivity index (χ4v) is 1.92. The number of unbranched alkanes of at least 4 members (excludes halogenated alkanes) is 5. The molecule has 0 rings (SSSR count). The third-order valence-electron chi connectivity index (χ3n) is 2.92. The Morgan fingerprint density at radius 2 is 1.36 bits per heavy atom. The van der Waals surface area contributed by atoms with Gasteiger partial charge in [-0.2, -0.15) is 0 Å². The van der Waals surface area contributed by atoms with E-state index < -0.39 is 9.76 Å². The minimum absolute atomic E-state index is 0.104. The summed E-state index contributed by atoms with van der Waals surface area (Å²) in [6.07, 6.45) is 7.53. The Morgan fingerprint density at radius 3 is 1.95 bits per heavy atom. The van der Waals surface area contributed by atoms with Crippen molar-refractivity contribution < 1.29 is 19.1 Å². The Bertz CT molecular complexity index is 316. The molecule has 0 heterocycles. The van der Waals surface area contributed by atoms with Crippen LogP contribution < -0.4 is 0 Å². The van der Waals surface area contributed by atoms with E-state index in [0.717, 1.165) is 12.8 Å². The minimum Gasteiger partial charge on any atom is -0.466 e. The zero-order valence-electron chi connectivity index (χ0n) is 13.0. The molecule has 0 aliphatic heterocycles. The lowest BCUT2D eigenvalue weighted by Gasteiger charge is -2.11.